The molecule has 0 spiro atoms. The van der Waals surface area contributed by atoms with Gasteiger partial charge in [-0.2, -0.15) is 13.2 Å². The van der Waals surface area contributed by atoms with Crippen molar-refractivity contribution in [3.8, 4) is 0 Å². The Morgan fingerprint density at radius 2 is 2.06 bits per heavy atom. The van der Waals surface area contributed by atoms with Gasteiger partial charge in [-0.25, -0.2) is 9.97 Å². The second kappa shape index (κ2) is 6.72. The van der Waals surface area contributed by atoms with E-state index < -0.39 is 11.9 Å². The van der Waals surface area contributed by atoms with Crippen LogP contribution in [0.3, 0.4) is 0 Å². The number of nitrogens with one attached hydrogen (secondary N) is 1. The van der Waals surface area contributed by atoms with Crippen LogP contribution in [0.15, 0.2) is 6.07 Å². The van der Waals surface area contributed by atoms with E-state index in [1.54, 1.807) is 0 Å². The average molecular weight is 286 g/mol. The summed E-state index contributed by atoms with van der Waals surface area (Å²) < 4.78 is 42.1. The Hall–Kier alpha value is -1.12. The van der Waals surface area contributed by atoms with Gasteiger partial charge in [0.25, 0.3) is 0 Å². The van der Waals surface area contributed by atoms with Gasteiger partial charge in [0.15, 0.2) is 5.69 Å². The SMILES string of the molecule is OCCOCCNc1nc(Cl)cc(C(F)(F)F)n1. The van der Waals surface area contributed by atoms with Crippen molar-refractivity contribution in [2.24, 2.45) is 0 Å². The average Bonchev–Trinajstić information content (AvgIpc) is 2.27. The summed E-state index contributed by atoms with van der Waals surface area (Å²) in [7, 11) is 0. The molecule has 0 bridgehead atoms. The first-order valence-electron chi connectivity index (χ1n) is 4.97. The third kappa shape index (κ3) is 5.03. The summed E-state index contributed by atoms with van der Waals surface area (Å²) in [4.78, 5) is 6.89. The lowest BCUT2D eigenvalue weighted by molar-refractivity contribution is -0.141. The number of aromatic nitrogens is 2. The fourth-order valence-corrected chi connectivity index (χ4v) is 1.23. The van der Waals surface area contributed by atoms with E-state index in [4.69, 9.17) is 21.4 Å². The first kappa shape index (κ1) is 14.9. The molecule has 0 aliphatic rings. The van der Waals surface area contributed by atoms with Crippen LogP contribution in [0.1, 0.15) is 5.69 Å². The summed E-state index contributed by atoms with van der Waals surface area (Å²) in [5.41, 5.74) is -1.11. The highest BCUT2D eigenvalue weighted by atomic mass is 35.5. The van der Waals surface area contributed by atoms with E-state index in [9.17, 15) is 13.2 Å². The van der Waals surface area contributed by atoms with Crippen molar-refractivity contribution in [2.45, 2.75) is 6.18 Å². The summed E-state index contributed by atoms with van der Waals surface area (Å²) in [5, 5.41) is 10.7. The van der Waals surface area contributed by atoms with Crippen LogP contribution in [0.4, 0.5) is 19.1 Å². The summed E-state index contributed by atoms with van der Waals surface area (Å²) in [6, 6.07) is 0.648. The maximum Gasteiger partial charge on any atom is 0.433 e. The molecule has 1 aromatic rings. The fourth-order valence-electron chi connectivity index (χ4n) is 1.04. The molecule has 0 amide bonds. The van der Waals surface area contributed by atoms with Crippen molar-refractivity contribution in [1.82, 2.24) is 9.97 Å². The van der Waals surface area contributed by atoms with Crippen molar-refractivity contribution < 1.29 is 23.0 Å². The zero-order valence-electron chi connectivity index (χ0n) is 9.17. The number of rotatable bonds is 6. The predicted octanol–water partition coefficient (Wildman–Crippen LogP) is 1.57. The molecule has 1 rings (SSSR count). The Labute approximate surface area is 106 Å². The largest absolute Gasteiger partial charge is 0.433 e. The molecule has 0 saturated heterocycles. The van der Waals surface area contributed by atoms with Crippen LogP contribution in [-0.2, 0) is 10.9 Å². The minimum atomic E-state index is -4.57. The van der Waals surface area contributed by atoms with Crippen LogP contribution < -0.4 is 5.32 Å². The molecule has 1 heterocycles. The van der Waals surface area contributed by atoms with Crippen LogP contribution in [-0.4, -0.2) is 41.4 Å². The quantitative estimate of drug-likeness (QED) is 0.613. The van der Waals surface area contributed by atoms with E-state index >= 15 is 0 Å². The van der Waals surface area contributed by atoms with Gasteiger partial charge in [0, 0.05) is 12.6 Å². The second-order valence-electron chi connectivity index (χ2n) is 3.16. The number of anilines is 1. The maximum absolute atomic E-state index is 12.4. The molecule has 0 atom stereocenters. The van der Waals surface area contributed by atoms with Gasteiger partial charge in [0.2, 0.25) is 5.95 Å². The first-order chi connectivity index (χ1) is 8.43. The molecule has 0 aromatic carbocycles. The lowest BCUT2D eigenvalue weighted by Gasteiger charge is -2.09. The van der Waals surface area contributed by atoms with E-state index in [0.29, 0.717) is 6.07 Å². The second-order valence-corrected chi connectivity index (χ2v) is 3.55. The Morgan fingerprint density at radius 3 is 2.67 bits per heavy atom. The molecule has 9 heteroatoms. The monoisotopic (exact) mass is 285 g/mol. The van der Waals surface area contributed by atoms with Crippen molar-refractivity contribution in [2.75, 3.05) is 31.7 Å². The van der Waals surface area contributed by atoms with E-state index in [0.717, 1.165) is 0 Å². The van der Waals surface area contributed by atoms with Crippen molar-refractivity contribution in [3.05, 3.63) is 16.9 Å². The fraction of sp³-hybridized carbons (Fsp3) is 0.556. The van der Waals surface area contributed by atoms with Crippen LogP contribution in [0.25, 0.3) is 0 Å². The van der Waals surface area contributed by atoms with Gasteiger partial charge in [-0.15, -0.1) is 0 Å². The molecule has 0 radical (unpaired) electrons. The summed E-state index contributed by atoms with van der Waals surface area (Å²) >= 11 is 5.46. The zero-order valence-corrected chi connectivity index (χ0v) is 9.92. The topological polar surface area (TPSA) is 67.3 Å². The van der Waals surface area contributed by atoms with Crippen LogP contribution in [0, 0.1) is 0 Å². The smallest absolute Gasteiger partial charge is 0.394 e. The van der Waals surface area contributed by atoms with Crippen LogP contribution in [0.5, 0.6) is 0 Å². The van der Waals surface area contributed by atoms with Crippen LogP contribution in [0.2, 0.25) is 5.15 Å². The number of aliphatic hydroxyl groups is 1. The molecule has 102 valence electrons. The standard InChI is InChI=1S/C9H11ClF3N3O2/c10-7-5-6(9(11,12)13)15-8(16-7)14-1-3-18-4-2-17/h5,17H,1-4H2,(H,14,15,16). The highest BCUT2D eigenvalue weighted by molar-refractivity contribution is 6.29. The molecule has 0 aliphatic heterocycles. The number of hydrogen-bond acceptors (Lipinski definition) is 5. The van der Waals surface area contributed by atoms with E-state index in [2.05, 4.69) is 15.3 Å². The first-order valence-corrected chi connectivity index (χ1v) is 5.35. The lowest BCUT2D eigenvalue weighted by atomic mass is 10.4. The molecular weight excluding hydrogens is 275 g/mol. The molecule has 18 heavy (non-hydrogen) atoms. The van der Waals surface area contributed by atoms with Gasteiger partial charge in [0.1, 0.15) is 5.15 Å². The molecule has 0 saturated carbocycles. The Morgan fingerprint density at radius 1 is 1.33 bits per heavy atom. The minimum absolute atomic E-state index is 0.119. The highest BCUT2D eigenvalue weighted by Crippen LogP contribution is 2.29. The molecular formula is C9H11ClF3N3O2. The lowest BCUT2D eigenvalue weighted by Crippen LogP contribution is -2.15. The van der Waals surface area contributed by atoms with Crippen molar-refractivity contribution in [1.29, 1.82) is 0 Å². The molecule has 0 unspecified atom stereocenters. The Bertz CT molecular complexity index is 390. The maximum atomic E-state index is 12.4. The van der Waals surface area contributed by atoms with Gasteiger partial charge < -0.3 is 15.2 Å². The highest BCUT2D eigenvalue weighted by Gasteiger charge is 2.33. The molecule has 0 aliphatic carbocycles. The third-order valence-corrected chi connectivity index (χ3v) is 1.94. The summed E-state index contributed by atoms with van der Waals surface area (Å²) in [5.74, 6) is -0.220. The van der Waals surface area contributed by atoms with Crippen LogP contribution >= 0.6 is 11.6 Å². The summed E-state index contributed by atoms with van der Waals surface area (Å²) in [6.07, 6.45) is -4.57. The number of nitrogens with zero attached hydrogens (tertiary/aromatic N) is 2. The number of halogens is 4. The Balaban J connectivity index is 2.58. The molecule has 1 aromatic heterocycles. The van der Waals surface area contributed by atoms with Gasteiger partial charge in [0.05, 0.1) is 19.8 Å². The van der Waals surface area contributed by atoms with Gasteiger partial charge in [-0.3, -0.25) is 0 Å². The van der Waals surface area contributed by atoms with E-state index in [1.807, 2.05) is 0 Å². The number of ether oxygens (including phenoxy) is 1. The molecule has 2 N–H and O–H groups in total. The zero-order chi connectivity index (χ0) is 13.6. The van der Waals surface area contributed by atoms with Gasteiger partial charge >= 0.3 is 6.18 Å². The number of hydrogen-bond donors (Lipinski definition) is 2. The van der Waals surface area contributed by atoms with Crippen molar-refractivity contribution >= 4 is 17.5 Å². The van der Waals surface area contributed by atoms with Gasteiger partial charge in [-0.1, -0.05) is 11.6 Å². The minimum Gasteiger partial charge on any atom is -0.394 e. The van der Waals surface area contributed by atoms with E-state index in [1.165, 1.54) is 0 Å². The molecule has 0 fully saturated rings. The Kier molecular flexibility index (Phi) is 5.57. The van der Waals surface area contributed by atoms with Crippen molar-refractivity contribution in [3.63, 3.8) is 0 Å². The van der Waals surface area contributed by atoms with Gasteiger partial charge in [-0.05, 0) is 0 Å². The third-order valence-electron chi connectivity index (χ3n) is 1.75. The normalized spacial score (nSPS) is 11.6. The number of alkyl halides is 3. The molecule has 5 nitrogen and oxygen atoms in total. The predicted molar refractivity (Wildman–Crippen MR) is 58.4 cm³/mol. The number of aliphatic hydroxyl groups excluding tert-OH is 1. The van der Waals surface area contributed by atoms with E-state index in [-0.39, 0.29) is 37.5 Å². The summed E-state index contributed by atoms with van der Waals surface area (Å²) in [6.45, 7) is 0.452.